The van der Waals surface area contributed by atoms with Gasteiger partial charge in [0.05, 0.1) is 20.8 Å². The SMILES string of the molecule is CO.CO.CO.CO.CO.CO.CO.CO.CO.CO.CO.CO.CO.CO.COC(=O)OCc1cc(I)c(I)c(I)c1I.COC(=O)n1ccnc1.OCc1cc(I)cc(I)c1I. The molecule has 0 spiro atoms. The number of benzene rings is 2. The largest absolute Gasteiger partial charge is 0.508 e. The summed E-state index contributed by atoms with van der Waals surface area (Å²) in [6.45, 7) is 0.374. The molecule has 3 aromatic rings. The second-order valence-electron chi connectivity index (χ2n) is 6.16. The molecule has 64 heavy (non-hydrogen) atoms. The maximum absolute atomic E-state index is 10.9. The number of carbonyl (C=O) groups excluding carboxylic acids is 2. The number of aliphatic hydroxyl groups is 15. The average molecular weight is 1730 g/mol. The monoisotopic (exact) mass is 1730 g/mol. The molecule has 3 rings (SSSR count). The fourth-order valence-corrected chi connectivity index (χ4v) is 7.89. The van der Waals surface area contributed by atoms with Crippen LogP contribution in [0.2, 0.25) is 0 Å². The summed E-state index contributed by atoms with van der Waals surface area (Å²) in [5, 5.41) is 107. The summed E-state index contributed by atoms with van der Waals surface area (Å²) in [7, 11) is 16.6. The molecule has 0 radical (unpaired) electrons. The van der Waals surface area contributed by atoms with E-state index in [0.29, 0.717) is 0 Å². The molecule has 0 saturated heterocycles. The Kier molecular flexibility index (Phi) is 169. The van der Waals surface area contributed by atoms with Gasteiger partial charge in [-0.15, -0.1) is 0 Å². The predicted molar refractivity (Wildman–Crippen MR) is 309 cm³/mol. The highest BCUT2D eigenvalue weighted by Crippen LogP contribution is 2.29. The first-order valence-corrected chi connectivity index (χ1v) is 23.1. The van der Waals surface area contributed by atoms with Crippen molar-refractivity contribution in [2.45, 2.75) is 13.2 Å². The number of methoxy groups -OCH3 is 2. The van der Waals surface area contributed by atoms with Gasteiger partial charge >= 0.3 is 12.2 Å². The molecule has 1 heterocycles. The van der Waals surface area contributed by atoms with E-state index in [1.165, 1.54) is 51.8 Å². The molecule has 22 nitrogen and oxygen atoms in total. The van der Waals surface area contributed by atoms with E-state index in [0.717, 1.165) is 121 Å². The lowest BCUT2D eigenvalue weighted by atomic mass is 10.2. The first-order chi connectivity index (χ1) is 31.0. The van der Waals surface area contributed by atoms with Crippen LogP contribution in [0, 0.1) is 25.0 Å². The van der Waals surface area contributed by atoms with Crippen LogP contribution >= 0.6 is 158 Å². The van der Waals surface area contributed by atoms with Gasteiger partial charge < -0.3 is 90.8 Å². The summed E-state index contributed by atoms with van der Waals surface area (Å²) < 4.78 is 23.2. The summed E-state index contributed by atoms with van der Waals surface area (Å²) in [4.78, 5) is 25.1. The van der Waals surface area contributed by atoms with Crippen molar-refractivity contribution < 1.29 is 100 Å². The molecule has 0 aliphatic rings. The van der Waals surface area contributed by atoms with Crippen molar-refractivity contribution in [3.63, 3.8) is 0 Å². The van der Waals surface area contributed by atoms with Crippen LogP contribution in [0.15, 0.2) is 36.9 Å². The number of aliphatic hydroxyl groups excluding tert-OH is 15. The Morgan fingerprint density at radius 3 is 1.16 bits per heavy atom. The highest BCUT2D eigenvalue weighted by Gasteiger charge is 2.13. The standard InChI is InChI=1S/C9H6I4O3.C7H5I3O.C5H6N2O2.14CH4O/c1-15-9(14)16-3-4-2-5(10)7(12)8(13)6(4)11;8-5-1-4(3-11)7(10)6(9)2-5;1-9-5(8)7-3-2-6-4-7;14*1-2/h2H,3H2,1H3;1-2,11H,3H2;2-4H,1H3;14*2H,1H3. The molecular formula is C35H73I7N2O20. The Labute approximate surface area is 474 Å². The van der Waals surface area contributed by atoms with E-state index in [4.69, 9.17) is 81.3 Å². The maximum Gasteiger partial charge on any atom is 0.508 e. The highest BCUT2D eigenvalue weighted by atomic mass is 127. The summed E-state index contributed by atoms with van der Waals surface area (Å²) >= 11 is 15.9. The molecule has 0 saturated carbocycles. The van der Waals surface area contributed by atoms with Crippen molar-refractivity contribution in [2.75, 3.05) is 114 Å². The van der Waals surface area contributed by atoms with Crippen molar-refractivity contribution in [1.29, 1.82) is 0 Å². The zero-order chi connectivity index (χ0) is 55.4. The van der Waals surface area contributed by atoms with Gasteiger partial charge in [-0.05, 0) is 182 Å². The Bertz CT molecular complexity index is 1220. The first-order valence-electron chi connectivity index (χ1n) is 15.6. The van der Waals surface area contributed by atoms with Crippen molar-refractivity contribution in [3.8, 4) is 0 Å². The van der Waals surface area contributed by atoms with E-state index in [1.807, 2.05) is 12.1 Å². The number of hydrogen-bond donors (Lipinski definition) is 15. The number of carbonyl (C=O) groups is 2. The number of aromatic nitrogens is 2. The number of hydrogen-bond acceptors (Lipinski definition) is 21. The summed E-state index contributed by atoms with van der Waals surface area (Å²) in [6, 6.07) is 6.13. The van der Waals surface area contributed by atoms with E-state index in [-0.39, 0.29) is 13.2 Å². The van der Waals surface area contributed by atoms with Crippen LogP contribution in [0.5, 0.6) is 0 Å². The minimum Gasteiger partial charge on any atom is -0.452 e. The number of ether oxygens (including phenoxy) is 3. The van der Waals surface area contributed by atoms with Crippen LogP contribution in [0.4, 0.5) is 9.59 Å². The van der Waals surface area contributed by atoms with Crippen molar-refractivity contribution in [2.24, 2.45) is 0 Å². The van der Waals surface area contributed by atoms with Gasteiger partial charge in [0.25, 0.3) is 0 Å². The molecule has 0 fully saturated rings. The van der Waals surface area contributed by atoms with Crippen LogP contribution in [0.3, 0.4) is 0 Å². The summed E-state index contributed by atoms with van der Waals surface area (Å²) in [6.07, 6.45) is 3.33. The van der Waals surface area contributed by atoms with Crippen LogP contribution in [0.25, 0.3) is 0 Å². The third kappa shape index (κ3) is 69.5. The lowest BCUT2D eigenvalue weighted by molar-refractivity contribution is 0.0666. The molecule has 0 unspecified atom stereocenters. The lowest BCUT2D eigenvalue weighted by Gasteiger charge is -2.10. The molecule has 392 valence electrons. The lowest BCUT2D eigenvalue weighted by Crippen LogP contribution is -2.07. The fourth-order valence-electron chi connectivity index (χ4n) is 2.12. The molecule has 15 N–H and O–H groups in total. The first kappa shape index (κ1) is 102. The Morgan fingerprint density at radius 1 is 0.500 bits per heavy atom. The molecular weight excluding hydrogens is 1660 g/mol. The van der Waals surface area contributed by atoms with Gasteiger partial charge in [-0.3, -0.25) is 0 Å². The van der Waals surface area contributed by atoms with Gasteiger partial charge in [0, 0.05) is 142 Å². The van der Waals surface area contributed by atoms with Gasteiger partial charge in [-0.25, -0.2) is 19.1 Å². The average Bonchev–Trinajstić information content (AvgIpc) is 3.97. The molecule has 0 bridgehead atoms. The van der Waals surface area contributed by atoms with Crippen molar-refractivity contribution in [3.05, 3.63) is 73.0 Å². The topological polar surface area (TPSA) is 383 Å². The molecule has 0 aliphatic carbocycles. The quantitative estimate of drug-likeness (QED) is 0.0775. The number of halogens is 7. The van der Waals surface area contributed by atoms with Crippen molar-refractivity contribution in [1.82, 2.24) is 9.55 Å². The van der Waals surface area contributed by atoms with E-state index in [2.05, 4.69) is 179 Å². The Balaban J connectivity index is -0.0000000388. The van der Waals surface area contributed by atoms with E-state index in [1.54, 1.807) is 0 Å². The minimum absolute atomic E-state index is 0.130. The van der Waals surface area contributed by atoms with Crippen LogP contribution in [0.1, 0.15) is 11.1 Å². The number of rotatable bonds is 3. The van der Waals surface area contributed by atoms with E-state index < -0.39 is 12.2 Å². The zero-order valence-electron chi connectivity index (χ0n) is 38.7. The molecule has 2 aromatic carbocycles. The van der Waals surface area contributed by atoms with E-state index in [9.17, 15) is 9.59 Å². The smallest absolute Gasteiger partial charge is 0.452 e. The Morgan fingerprint density at radius 2 is 0.859 bits per heavy atom. The number of nitrogens with zero attached hydrogens (tertiary/aromatic N) is 2. The van der Waals surface area contributed by atoms with Crippen LogP contribution < -0.4 is 0 Å². The molecule has 0 atom stereocenters. The van der Waals surface area contributed by atoms with Crippen molar-refractivity contribution >= 4 is 170 Å². The van der Waals surface area contributed by atoms with Gasteiger partial charge in [0.1, 0.15) is 12.9 Å². The Hall–Kier alpha value is 0.900. The van der Waals surface area contributed by atoms with Crippen LogP contribution in [-0.4, -0.2) is 212 Å². The maximum atomic E-state index is 10.9. The van der Waals surface area contributed by atoms with Gasteiger partial charge in [-0.2, -0.15) is 0 Å². The summed E-state index contributed by atoms with van der Waals surface area (Å²) in [5.74, 6) is 0. The number of imidazole rings is 1. The summed E-state index contributed by atoms with van der Waals surface area (Å²) in [5.41, 5.74) is 2.02. The molecule has 29 heteroatoms. The second kappa shape index (κ2) is 106. The zero-order valence-corrected chi connectivity index (χ0v) is 53.8. The van der Waals surface area contributed by atoms with Gasteiger partial charge in [0.15, 0.2) is 0 Å². The third-order valence-corrected chi connectivity index (χ3v) is 15.0. The fraction of sp³-hybridized carbons (Fsp3) is 0.514. The normalized spacial score (nSPS) is 6.84. The van der Waals surface area contributed by atoms with Crippen LogP contribution in [-0.2, 0) is 27.4 Å². The minimum atomic E-state index is -0.653. The van der Waals surface area contributed by atoms with Gasteiger partial charge in [-0.1, -0.05) is 0 Å². The molecule has 0 aliphatic heterocycles. The predicted octanol–water partition coefficient (Wildman–Crippen LogP) is 2.40. The second-order valence-corrected chi connectivity index (χ2v) is 14.0. The molecule has 0 amide bonds. The van der Waals surface area contributed by atoms with E-state index >= 15 is 0 Å². The highest BCUT2D eigenvalue weighted by molar-refractivity contribution is 14.1. The third-order valence-electron chi connectivity index (χ3n) is 3.82. The van der Waals surface area contributed by atoms with Gasteiger partial charge in [0.2, 0.25) is 0 Å². The molecule has 1 aromatic heterocycles.